The molecule has 0 bridgehead atoms. The minimum absolute atomic E-state index is 0.0670. The number of benzene rings is 1. The van der Waals surface area contributed by atoms with E-state index in [1.807, 2.05) is 0 Å². The molecule has 2 aliphatic carbocycles. The van der Waals surface area contributed by atoms with Gasteiger partial charge in [0.05, 0.1) is 7.11 Å². The molecule has 1 aliphatic heterocycles. The summed E-state index contributed by atoms with van der Waals surface area (Å²) in [7, 11) is 1.36. The van der Waals surface area contributed by atoms with E-state index in [1.165, 1.54) is 18.2 Å². The van der Waals surface area contributed by atoms with Crippen LogP contribution in [-0.4, -0.2) is 43.1 Å². The number of piperidine rings is 1. The number of carbonyl (C=O) groups is 2. The van der Waals surface area contributed by atoms with Crippen molar-refractivity contribution in [1.29, 1.82) is 0 Å². The van der Waals surface area contributed by atoms with Gasteiger partial charge in [0, 0.05) is 25.0 Å². The zero-order chi connectivity index (χ0) is 18.4. The van der Waals surface area contributed by atoms with E-state index in [1.54, 1.807) is 0 Å². The molecular formula is C21H28N2O3. The molecule has 0 aromatic heterocycles. The number of hydrogen-bond donors (Lipinski definition) is 1. The first-order valence-corrected chi connectivity index (χ1v) is 9.71. The Kier molecular flexibility index (Phi) is 4.41. The van der Waals surface area contributed by atoms with Crippen molar-refractivity contribution < 1.29 is 14.3 Å². The minimum atomic E-state index is -0.408. The molecule has 2 atom stereocenters. The first kappa shape index (κ1) is 17.4. The second-order valence-electron chi connectivity index (χ2n) is 8.42. The van der Waals surface area contributed by atoms with Gasteiger partial charge in [-0.15, -0.1) is 0 Å². The Morgan fingerprint density at radius 1 is 1.19 bits per heavy atom. The predicted octanol–water partition coefficient (Wildman–Crippen LogP) is 3.12. The molecule has 4 rings (SSSR count). The van der Waals surface area contributed by atoms with E-state index in [0.29, 0.717) is 23.7 Å². The number of likely N-dealkylation sites (tertiary alicyclic amines) is 1. The van der Waals surface area contributed by atoms with Crippen LogP contribution in [-0.2, 0) is 9.53 Å². The van der Waals surface area contributed by atoms with Gasteiger partial charge >= 0.3 is 6.09 Å². The van der Waals surface area contributed by atoms with Crippen LogP contribution < -0.4 is 5.32 Å². The van der Waals surface area contributed by atoms with Crippen molar-refractivity contribution in [2.45, 2.75) is 44.6 Å². The van der Waals surface area contributed by atoms with Crippen LogP contribution in [0.2, 0.25) is 0 Å². The first-order chi connectivity index (χ1) is 12.5. The highest BCUT2D eigenvalue weighted by atomic mass is 16.5. The summed E-state index contributed by atoms with van der Waals surface area (Å²) < 4.78 is 4.60. The maximum Gasteiger partial charge on any atom is 0.407 e. The van der Waals surface area contributed by atoms with Crippen LogP contribution in [0.15, 0.2) is 24.3 Å². The maximum atomic E-state index is 12.7. The molecule has 0 spiro atoms. The summed E-state index contributed by atoms with van der Waals surface area (Å²) in [6.45, 7) is 6.25. The van der Waals surface area contributed by atoms with Crippen LogP contribution in [0.1, 0.15) is 49.7 Å². The monoisotopic (exact) mass is 356 g/mol. The molecule has 1 aromatic rings. The summed E-state index contributed by atoms with van der Waals surface area (Å²) in [5, 5.41) is 2.77. The zero-order valence-corrected chi connectivity index (χ0v) is 15.8. The molecule has 140 valence electrons. The van der Waals surface area contributed by atoms with E-state index in [9.17, 15) is 9.59 Å². The average molecular weight is 356 g/mol. The molecule has 2 unspecified atom stereocenters. The van der Waals surface area contributed by atoms with Gasteiger partial charge in [-0.3, -0.25) is 4.79 Å². The molecule has 5 nitrogen and oxygen atoms in total. The van der Waals surface area contributed by atoms with E-state index in [2.05, 4.69) is 53.1 Å². The van der Waals surface area contributed by atoms with Crippen molar-refractivity contribution in [2.75, 3.05) is 20.2 Å². The fourth-order valence-corrected chi connectivity index (χ4v) is 4.75. The van der Waals surface area contributed by atoms with E-state index in [0.717, 1.165) is 25.9 Å². The standard InChI is InChI=1S/C21H28N2O3/c1-12(2)13-5-4-6-14(7-13)19-17-10-23(11-18(17)19)20(24)15-8-16(9-15)22-21(25)26-3/h4-7,12,15-19H,8-11H2,1-3H3,(H,22,25). The lowest BCUT2D eigenvalue weighted by atomic mass is 9.79. The van der Waals surface area contributed by atoms with Crippen LogP contribution >= 0.6 is 0 Å². The number of nitrogens with one attached hydrogen (secondary N) is 1. The van der Waals surface area contributed by atoms with Gasteiger partial charge in [-0.2, -0.15) is 0 Å². The summed E-state index contributed by atoms with van der Waals surface area (Å²) in [4.78, 5) is 25.9. The maximum absolute atomic E-state index is 12.7. The second kappa shape index (κ2) is 6.60. The molecule has 1 saturated heterocycles. The third-order valence-electron chi connectivity index (χ3n) is 6.46. The summed E-state index contributed by atoms with van der Waals surface area (Å²) in [6, 6.07) is 9.06. The van der Waals surface area contributed by atoms with Crippen LogP contribution in [0.25, 0.3) is 0 Å². The van der Waals surface area contributed by atoms with Gasteiger partial charge in [0.2, 0.25) is 5.91 Å². The number of methoxy groups -OCH3 is 1. The number of carbonyl (C=O) groups excluding carboxylic acids is 2. The Labute approximate surface area is 155 Å². The smallest absolute Gasteiger partial charge is 0.407 e. The van der Waals surface area contributed by atoms with Gasteiger partial charge in [-0.05, 0) is 47.6 Å². The second-order valence-corrected chi connectivity index (χ2v) is 8.42. The summed E-state index contributed by atoms with van der Waals surface area (Å²) in [6.07, 6.45) is 1.06. The highest BCUT2D eigenvalue weighted by Gasteiger charge is 2.57. The average Bonchev–Trinajstić information content (AvgIpc) is 3.10. The van der Waals surface area contributed by atoms with Crippen molar-refractivity contribution in [1.82, 2.24) is 10.2 Å². The third kappa shape index (κ3) is 3.08. The van der Waals surface area contributed by atoms with E-state index >= 15 is 0 Å². The molecule has 3 fully saturated rings. The van der Waals surface area contributed by atoms with Crippen molar-refractivity contribution in [3.63, 3.8) is 0 Å². The molecule has 2 saturated carbocycles. The Morgan fingerprint density at radius 3 is 2.50 bits per heavy atom. The lowest BCUT2D eigenvalue weighted by molar-refractivity contribution is -0.138. The Hall–Kier alpha value is -2.04. The van der Waals surface area contributed by atoms with Crippen LogP contribution in [0.4, 0.5) is 4.79 Å². The van der Waals surface area contributed by atoms with Crippen LogP contribution in [0, 0.1) is 17.8 Å². The molecule has 3 aliphatic rings. The molecule has 2 amide bonds. The van der Waals surface area contributed by atoms with E-state index < -0.39 is 6.09 Å². The van der Waals surface area contributed by atoms with Crippen molar-refractivity contribution in [2.24, 2.45) is 17.8 Å². The molecule has 0 radical (unpaired) electrons. The SMILES string of the molecule is COC(=O)NC1CC(C(=O)N2CC3C(C2)C3c2cccc(C(C)C)c2)C1. The molecule has 1 aromatic carbocycles. The predicted molar refractivity (Wildman–Crippen MR) is 98.9 cm³/mol. The first-order valence-electron chi connectivity index (χ1n) is 9.71. The zero-order valence-electron chi connectivity index (χ0n) is 15.8. The highest BCUT2D eigenvalue weighted by Crippen LogP contribution is 2.58. The summed E-state index contributed by atoms with van der Waals surface area (Å²) >= 11 is 0. The number of hydrogen-bond acceptors (Lipinski definition) is 3. The van der Waals surface area contributed by atoms with Gasteiger partial charge in [-0.1, -0.05) is 38.1 Å². The van der Waals surface area contributed by atoms with E-state index in [4.69, 9.17) is 0 Å². The van der Waals surface area contributed by atoms with Crippen molar-refractivity contribution in [3.05, 3.63) is 35.4 Å². The third-order valence-corrected chi connectivity index (χ3v) is 6.46. The molecule has 26 heavy (non-hydrogen) atoms. The van der Waals surface area contributed by atoms with Crippen molar-refractivity contribution >= 4 is 12.0 Å². The quantitative estimate of drug-likeness (QED) is 0.902. The van der Waals surface area contributed by atoms with Gasteiger partial charge in [0.1, 0.15) is 0 Å². The molecular weight excluding hydrogens is 328 g/mol. The number of alkyl carbamates (subject to hydrolysis) is 1. The number of rotatable bonds is 4. The van der Waals surface area contributed by atoms with Crippen LogP contribution in [0.3, 0.4) is 0 Å². The molecule has 5 heteroatoms. The van der Waals surface area contributed by atoms with Crippen molar-refractivity contribution in [3.8, 4) is 0 Å². The normalized spacial score (nSPS) is 32.0. The largest absolute Gasteiger partial charge is 0.453 e. The Balaban J connectivity index is 1.28. The Bertz CT molecular complexity index is 699. The number of fused-ring (bicyclic) bond motifs is 1. The summed E-state index contributed by atoms with van der Waals surface area (Å²) in [5.74, 6) is 2.78. The van der Waals surface area contributed by atoms with Crippen LogP contribution in [0.5, 0.6) is 0 Å². The van der Waals surface area contributed by atoms with Gasteiger partial charge in [0.25, 0.3) is 0 Å². The van der Waals surface area contributed by atoms with Gasteiger partial charge in [-0.25, -0.2) is 4.79 Å². The fraction of sp³-hybridized carbons (Fsp3) is 0.619. The van der Waals surface area contributed by atoms with E-state index in [-0.39, 0.29) is 17.9 Å². The molecule has 1 N–H and O–H groups in total. The summed E-state index contributed by atoms with van der Waals surface area (Å²) in [5.41, 5.74) is 2.85. The topological polar surface area (TPSA) is 58.6 Å². The number of ether oxygens (including phenoxy) is 1. The van der Waals surface area contributed by atoms with Gasteiger partial charge in [0.15, 0.2) is 0 Å². The number of amides is 2. The minimum Gasteiger partial charge on any atom is -0.453 e. The fourth-order valence-electron chi connectivity index (χ4n) is 4.75. The lowest BCUT2D eigenvalue weighted by Gasteiger charge is -2.37. The molecule has 1 heterocycles. The highest BCUT2D eigenvalue weighted by molar-refractivity contribution is 5.81. The number of nitrogens with zero attached hydrogens (tertiary/aromatic N) is 1. The lowest BCUT2D eigenvalue weighted by Crippen LogP contribution is -2.50. The Morgan fingerprint density at radius 2 is 1.88 bits per heavy atom. The van der Waals surface area contributed by atoms with Gasteiger partial charge < -0.3 is 15.0 Å².